The van der Waals surface area contributed by atoms with Crippen LogP contribution >= 0.6 is 11.3 Å². The molecule has 0 radical (unpaired) electrons. The number of aromatic amines is 2. The average Bonchev–Trinajstić information content (AvgIpc) is 3.52. The van der Waals surface area contributed by atoms with Crippen LogP contribution in [0.15, 0.2) is 60.7 Å². The minimum atomic E-state index is 0.610. The number of thiophene rings is 1. The van der Waals surface area contributed by atoms with E-state index in [0.717, 1.165) is 35.8 Å². The van der Waals surface area contributed by atoms with Crippen LogP contribution in [0.1, 0.15) is 0 Å². The van der Waals surface area contributed by atoms with Gasteiger partial charge in [-0.25, -0.2) is 0 Å². The number of aromatic nitrogens is 2. The molecule has 8 N–H and O–H groups in total. The van der Waals surface area contributed by atoms with Gasteiger partial charge >= 0.3 is 0 Å². The van der Waals surface area contributed by atoms with Gasteiger partial charge in [0.1, 0.15) is 11.6 Å². The molecule has 0 aliphatic carbocycles. The van der Waals surface area contributed by atoms with Crippen molar-refractivity contribution < 1.29 is 0 Å². The van der Waals surface area contributed by atoms with Crippen LogP contribution in [0.2, 0.25) is 0 Å². The van der Waals surface area contributed by atoms with Gasteiger partial charge in [-0.3, -0.25) is 0 Å². The summed E-state index contributed by atoms with van der Waals surface area (Å²) in [4.78, 5) is 9.30. The van der Waals surface area contributed by atoms with E-state index in [2.05, 4.69) is 81.3 Å². The molecule has 0 spiro atoms. The molecule has 0 atom stereocenters. The lowest BCUT2D eigenvalue weighted by molar-refractivity contribution is 1.02. The molecule has 3 aromatic heterocycles. The minimum Gasteiger partial charge on any atom is -0.370 e. The largest absolute Gasteiger partial charge is 0.370 e. The van der Waals surface area contributed by atoms with Crippen molar-refractivity contribution in [2.24, 2.45) is 11.5 Å². The van der Waals surface area contributed by atoms with E-state index in [1.165, 1.54) is 31.7 Å². The molecule has 0 aliphatic rings. The number of nitrogens with two attached hydrogens (primary N) is 2. The molecule has 7 heteroatoms. The van der Waals surface area contributed by atoms with Crippen LogP contribution in [0, 0.1) is 0 Å². The Bertz CT molecular complexity index is 1230. The molecule has 0 aliphatic heterocycles. The molecule has 31 heavy (non-hydrogen) atoms. The lowest BCUT2D eigenvalue weighted by Crippen LogP contribution is -2.13. The van der Waals surface area contributed by atoms with Crippen LogP contribution in [-0.2, 0) is 0 Å². The first-order chi connectivity index (χ1) is 15.2. The Labute approximate surface area is 184 Å². The quantitative estimate of drug-likeness (QED) is 0.213. The summed E-state index contributed by atoms with van der Waals surface area (Å²) in [5, 5.41) is 9.00. The molecular formula is C24H26N6S. The lowest BCUT2D eigenvalue weighted by Gasteiger charge is -1.99. The van der Waals surface area contributed by atoms with E-state index in [-0.39, 0.29) is 0 Å². The van der Waals surface area contributed by atoms with Gasteiger partial charge in [0.2, 0.25) is 0 Å². The third-order valence-electron chi connectivity index (χ3n) is 5.34. The predicted molar refractivity (Wildman–Crippen MR) is 134 cm³/mol. The second kappa shape index (κ2) is 8.47. The highest BCUT2D eigenvalue weighted by Crippen LogP contribution is 2.37. The number of benzene rings is 2. The summed E-state index contributed by atoms with van der Waals surface area (Å²) in [6, 6.07) is 21.8. The normalized spacial score (nSPS) is 11.4. The Balaban J connectivity index is 1.41. The van der Waals surface area contributed by atoms with Crippen molar-refractivity contribution in [1.82, 2.24) is 9.97 Å². The van der Waals surface area contributed by atoms with Crippen molar-refractivity contribution in [3.05, 3.63) is 60.7 Å². The van der Waals surface area contributed by atoms with Gasteiger partial charge in [0.05, 0.1) is 0 Å². The van der Waals surface area contributed by atoms with Crippen molar-refractivity contribution >= 4 is 44.8 Å². The number of fused-ring (bicyclic) bond motifs is 2. The molecule has 0 saturated heterocycles. The second-order valence-electron chi connectivity index (χ2n) is 7.56. The fraction of sp³-hybridized carbons (Fsp3) is 0.167. The molecule has 0 amide bonds. The fourth-order valence-electron chi connectivity index (χ4n) is 3.82. The third kappa shape index (κ3) is 4.03. The highest BCUT2D eigenvalue weighted by molar-refractivity contribution is 7.18. The van der Waals surface area contributed by atoms with Crippen LogP contribution in [-0.4, -0.2) is 36.1 Å². The van der Waals surface area contributed by atoms with Crippen LogP contribution in [0.5, 0.6) is 0 Å². The van der Waals surface area contributed by atoms with Crippen LogP contribution in [0.4, 0.5) is 11.6 Å². The van der Waals surface area contributed by atoms with Gasteiger partial charge < -0.3 is 32.1 Å². The van der Waals surface area contributed by atoms with E-state index < -0.39 is 0 Å². The summed E-state index contributed by atoms with van der Waals surface area (Å²) in [6.45, 7) is 2.73. The van der Waals surface area contributed by atoms with Crippen LogP contribution < -0.4 is 22.1 Å². The maximum atomic E-state index is 5.59. The minimum absolute atomic E-state index is 0.610. The number of anilines is 2. The van der Waals surface area contributed by atoms with E-state index in [1.54, 1.807) is 0 Å². The molecule has 0 saturated carbocycles. The summed E-state index contributed by atoms with van der Waals surface area (Å²) in [7, 11) is 0. The zero-order chi connectivity index (χ0) is 21.2. The molecule has 3 heterocycles. The second-order valence-corrected chi connectivity index (χ2v) is 8.65. The zero-order valence-electron chi connectivity index (χ0n) is 17.2. The first kappa shape index (κ1) is 19.7. The van der Waals surface area contributed by atoms with Gasteiger partial charge in [-0.1, -0.05) is 12.1 Å². The zero-order valence-corrected chi connectivity index (χ0v) is 18.0. The van der Waals surface area contributed by atoms with Gasteiger partial charge in [-0.2, -0.15) is 0 Å². The number of hydrogen-bond acceptors (Lipinski definition) is 5. The maximum absolute atomic E-state index is 5.59. The van der Waals surface area contributed by atoms with E-state index in [1.807, 2.05) is 11.3 Å². The van der Waals surface area contributed by atoms with E-state index in [9.17, 15) is 0 Å². The van der Waals surface area contributed by atoms with Crippen molar-refractivity contribution in [2.45, 2.75) is 0 Å². The summed E-state index contributed by atoms with van der Waals surface area (Å²) in [5.74, 6) is 2.01. The molecule has 0 fully saturated rings. The van der Waals surface area contributed by atoms with Gasteiger partial charge in [-0.05, 0) is 59.7 Å². The standard InChI is InChI=1S/C24H26N6S/c25-7-9-27-23-13-17-11-15(1-3-19(17)29-23)21-5-6-22(31-21)16-2-4-20-18(12-16)14-24(30-20)28-10-8-26/h1-6,11-14,27-30H,7-10,25-26H2. The molecule has 0 unspecified atom stereocenters. The van der Waals surface area contributed by atoms with E-state index >= 15 is 0 Å². The predicted octanol–water partition coefficient (Wildman–Crippen LogP) is 4.79. The number of nitrogens with one attached hydrogen (secondary N) is 4. The molecule has 158 valence electrons. The molecule has 2 aromatic carbocycles. The average molecular weight is 431 g/mol. The topological polar surface area (TPSA) is 108 Å². The first-order valence-corrected chi connectivity index (χ1v) is 11.3. The Morgan fingerprint density at radius 2 is 1.13 bits per heavy atom. The maximum Gasteiger partial charge on any atom is 0.104 e. The summed E-state index contributed by atoms with van der Waals surface area (Å²) < 4.78 is 0. The van der Waals surface area contributed by atoms with Gasteiger partial charge in [0.15, 0.2) is 0 Å². The summed E-state index contributed by atoms with van der Waals surface area (Å²) >= 11 is 1.81. The van der Waals surface area contributed by atoms with Crippen molar-refractivity contribution in [3.8, 4) is 20.9 Å². The van der Waals surface area contributed by atoms with E-state index in [4.69, 9.17) is 11.5 Å². The molecule has 6 nitrogen and oxygen atoms in total. The van der Waals surface area contributed by atoms with Gasteiger partial charge in [0, 0.05) is 57.7 Å². The highest BCUT2D eigenvalue weighted by Gasteiger charge is 2.09. The molecule has 5 rings (SSSR count). The molecule has 5 aromatic rings. The Morgan fingerprint density at radius 1 is 0.645 bits per heavy atom. The van der Waals surface area contributed by atoms with Crippen molar-refractivity contribution in [2.75, 3.05) is 36.8 Å². The van der Waals surface area contributed by atoms with Gasteiger partial charge in [-0.15, -0.1) is 11.3 Å². The summed E-state index contributed by atoms with van der Waals surface area (Å²) in [6.07, 6.45) is 0. The number of H-pyrrole nitrogens is 2. The van der Waals surface area contributed by atoms with Crippen LogP contribution in [0.3, 0.4) is 0 Å². The SMILES string of the molecule is NCCNc1cc2cc(-c3ccc(-c4ccc5[nH]c(NCCN)cc5c4)s3)ccc2[nH]1. The van der Waals surface area contributed by atoms with Gasteiger partial charge in [0.25, 0.3) is 0 Å². The molecular weight excluding hydrogens is 404 g/mol. The van der Waals surface area contributed by atoms with Crippen LogP contribution in [0.25, 0.3) is 42.7 Å². The Morgan fingerprint density at radius 3 is 1.58 bits per heavy atom. The summed E-state index contributed by atoms with van der Waals surface area (Å²) in [5.41, 5.74) is 15.9. The monoisotopic (exact) mass is 430 g/mol. The fourth-order valence-corrected chi connectivity index (χ4v) is 4.82. The van der Waals surface area contributed by atoms with Crippen molar-refractivity contribution in [3.63, 3.8) is 0 Å². The Hall–Kier alpha value is -3.26. The van der Waals surface area contributed by atoms with Crippen molar-refractivity contribution in [1.29, 1.82) is 0 Å². The number of hydrogen-bond donors (Lipinski definition) is 6. The number of rotatable bonds is 8. The highest BCUT2D eigenvalue weighted by atomic mass is 32.1. The smallest absolute Gasteiger partial charge is 0.104 e. The third-order valence-corrected chi connectivity index (χ3v) is 6.52. The first-order valence-electron chi connectivity index (χ1n) is 10.5. The van der Waals surface area contributed by atoms with E-state index in [0.29, 0.717) is 13.1 Å². The molecule has 0 bridgehead atoms. The Kier molecular flexibility index (Phi) is 5.38. The lowest BCUT2D eigenvalue weighted by atomic mass is 10.1.